The Bertz CT molecular complexity index is 966. The van der Waals surface area contributed by atoms with E-state index in [0.29, 0.717) is 123 Å². The van der Waals surface area contributed by atoms with Gasteiger partial charge in [0, 0.05) is 56.9 Å². The van der Waals surface area contributed by atoms with Gasteiger partial charge in [-0.2, -0.15) is 0 Å². The van der Waals surface area contributed by atoms with Gasteiger partial charge in [-0.1, -0.05) is 31.0 Å². The van der Waals surface area contributed by atoms with Crippen molar-refractivity contribution in [3.63, 3.8) is 0 Å². The predicted octanol–water partition coefficient (Wildman–Crippen LogP) is 6.56. The third kappa shape index (κ3) is 28.0. The second-order valence-corrected chi connectivity index (χ2v) is 12.9. The molecule has 48 heavy (non-hydrogen) atoms. The Morgan fingerprint density at radius 1 is 0.583 bits per heavy atom. The maximum Gasteiger partial charge on any atom is 0.306 e. The molecule has 0 spiro atoms. The van der Waals surface area contributed by atoms with Crippen LogP contribution in [0.5, 0.6) is 0 Å². The van der Waals surface area contributed by atoms with Crippen molar-refractivity contribution in [3.05, 3.63) is 35.4 Å². The highest BCUT2D eigenvalue weighted by Crippen LogP contribution is 2.12. The van der Waals surface area contributed by atoms with E-state index >= 15 is 0 Å². The molecule has 11 heteroatoms. The number of ether oxygens (including phenoxy) is 7. The van der Waals surface area contributed by atoms with Crippen molar-refractivity contribution in [1.82, 2.24) is 0 Å². The van der Waals surface area contributed by atoms with Crippen molar-refractivity contribution in [2.24, 2.45) is 0 Å². The molecule has 1 rings (SSSR count). The number of rotatable bonds is 33. The number of Topliss-reactive ketones (excluding diaryl/α,β-unsaturated/α-hetero) is 2. The summed E-state index contributed by atoms with van der Waals surface area (Å²) in [6.45, 7) is 11.4. The van der Waals surface area contributed by atoms with E-state index < -0.39 is 5.60 Å². The highest BCUT2D eigenvalue weighted by atomic mass is 35.5. The van der Waals surface area contributed by atoms with Crippen LogP contribution < -0.4 is 0 Å². The van der Waals surface area contributed by atoms with E-state index in [1.807, 2.05) is 45.0 Å². The number of esters is 1. The Morgan fingerprint density at radius 3 is 1.69 bits per heavy atom. The first-order valence-corrected chi connectivity index (χ1v) is 18.1. The van der Waals surface area contributed by atoms with E-state index in [9.17, 15) is 14.4 Å². The minimum atomic E-state index is -0.461. The lowest BCUT2D eigenvalue weighted by molar-refractivity contribution is -0.155. The second kappa shape index (κ2) is 29.9. The van der Waals surface area contributed by atoms with Crippen LogP contribution in [0.4, 0.5) is 0 Å². The van der Waals surface area contributed by atoms with Gasteiger partial charge in [-0.05, 0) is 64.5 Å². The minimum Gasteiger partial charge on any atom is -0.460 e. The Kier molecular flexibility index (Phi) is 27.5. The van der Waals surface area contributed by atoms with Crippen LogP contribution in [0.2, 0.25) is 0 Å². The third-order valence-electron chi connectivity index (χ3n) is 6.91. The fourth-order valence-corrected chi connectivity index (χ4v) is 4.61. The fourth-order valence-electron chi connectivity index (χ4n) is 4.42. The molecular formula is C37H61ClO10. The first kappa shape index (κ1) is 44.1. The molecule has 1 aromatic carbocycles. The van der Waals surface area contributed by atoms with Gasteiger partial charge in [-0.25, -0.2) is 0 Å². The summed E-state index contributed by atoms with van der Waals surface area (Å²) in [5, 5.41) is 0. The Balaban J connectivity index is 1.96. The Hall–Kier alpha value is -1.92. The normalized spacial score (nSPS) is 11.6. The molecule has 10 nitrogen and oxygen atoms in total. The smallest absolute Gasteiger partial charge is 0.306 e. The van der Waals surface area contributed by atoms with E-state index in [0.717, 1.165) is 43.7 Å². The SMILES string of the molecule is CC(C)(C)OC(=O)CCCOCCOCCOCCOCCC(=O)CCc1cccc(C(=O)CCCOCCOCCCCCCCl)c1. The molecule has 0 heterocycles. The molecule has 0 aliphatic rings. The topological polar surface area (TPSA) is 116 Å². The molecule has 0 bridgehead atoms. The van der Waals surface area contributed by atoms with Gasteiger partial charge in [0.15, 0.2) is 5.78 Å². The summed E-state index contributed by atoms with van der Waals surface area (Å²) in [4.78, 5) is 36.6. The highest BCUT2D eigenvalue weighted by molar-refractivity contribution is 6.17. The van der Waals surface area contributed by atoms with E-state index in [1.165, 1.54) is 0 Å². The molecule has 276 valence electrons. The fraction of sp³-hybridized carbons (Fsp3) is 0.757. The van der Waals surface area contributed by atoms with Crippen LogP contribution in [0.3, 0.4) is 0 Å². The van der Waals surface area contributed by atoms with Crippen molar-refractivity contribution in [1.29, 1.82) is 0 Å². The number of hydrogen-bond acceptors (Lipinski definition) is 10. The molecule has 0 aliphatic heterocycles. The summed E-state index contributed by atoms with van der Waals surface area (Å²) in [6.07, 6.45) is 7.78. The number of ketones is 2. The molecule has 0 saturated heterocycles. The van der Waals surface area contributed by atoms with Crippen molar-refractivity contribution in [3.8, 4) is 0 Å². The zero-order chi connectivity index (χ0) is 35.1. The summed E-state index contributed by atoms with van der Waals surface area (Å²) < 4.78 is 38.3. The molecule has 0 N–H and O–H groups in total. The highest BCUT2D eigenvalue weighted by Gasteiger charge is 2.15. The lowest BCUT2D eigenvalue weighted by Crippen LogP contribution is -2.23. The van der Waals surface area contributed by atoms with Crippen LogP contribution in [0.25, 0.3) is 0 Å². The molecule has 0 atom stereocenters. The number of aryl methyl sites for hydroxylation is 1. The van der Waals surface area contributed by atoms with Crippen molar-refractivity contribution < 1.29 is 47.5 Å². The van der Waals surface area contributed by atoms with Crippen LogP contribution in [-0.2, 0) is 49.2 Å². The van der Waals surface area contributed by atoms with E-state index in [1.54, 1.807) is 0 Å². The summed E-state index contributed by atoms with van der Waals surface area (Å²) in [5.74, 6) is 0.717. The minimum absolute atomic E-state index is 0.0833. The van der Waals surface area contributed by atoms with Gasteiger partial charge in [-0.3, -0.25) is 14.4 Å². The average molecular weight is 701 g/mol. The maximum absolute atomic E-state index is 12.6. The van der Waals surface area contributed by atoms with Crippen LogP contribution in [-0.4, -0.2) is 108 Å². The molecule has 1 aromatic rings. The summed E-state index contributed by atoms with van der Waals surface area (Å²) in [7, 11) is 0. The monoisotopic (exact) mass is 700 g/mol. The summed E-state index contributed by atoms with van der Waals surface area (Å²) >= 11 is 5.67. The van der Waals surface area contributed by atoms with Gasteiger partial charge in [0.05, 0.1) is 59.5 Å². The van der Waals surface area contributed by atoms with Crippen molar-refractivity contribution in [2.45, 2.75) is 97.0 Å². The third-order valence-corrected chi connectivity index (χ3v) is 7.18. The Morgan fingerprint density at radius 2 is 1.10 bits per heavy atom. The lowest BCUT2D eigenvalue weighted by Gasteiger charge is -2.19. The molecule has 0 unspecified atom stereocenters. The van der Waals surface area contributed by atoms with Crippen LogP contribution >= 0.6 is 11.6 Å². The number of carbonyl (C=O) groups is 3. The van der Waals surface area contributed by atoms with Crippen LogP contribution in [0.15, 0.2) is 24.3 Å². The molecule has 0 radical (unpaired) electrons. The second-order valence-electron chi connectivity index (χ2n) is 12.5. The van der Waals surface area contributed by atoms with Gasteiger partial charge in [-0.15, -0.1) is 11.6 Å². The standard InChI is InChI=1S/C37H61ClO10/c1-37(2,3)48-36(41)14-10-21-44-25-27-46-29-30-47-28-26-45-22-17-34(39)16-15-32-11-8-12-33(31-32)35(40)13-9-20-43-24-23-42-19-7-5-4-6-18-38/h8,11-12,31H,4-7,9-10,13-30H2,1-3H3. The Labute approximate surface area is 293 Å². The first-order chi connectivity index (χ1) is 23.2. The number of benzene rings is 1. The molecule has 0 saturated carbocycles. The number of alkyl halides is 1. The summed E-state index contributed by atoms with van der Waals surface area (Å²) in [6, 6.07) is 7.53. The quantitative estimate of drug-likeness (QED) is 0.0345. The zero-order valence-electron chi connectivity index (χ0n) is 29.7. The van der Waals surface area contributed by atoms with Gasteiger partial charge in [0.1, 0.15) is 11.4 Å². The number of halogens is 1. The largest absolute Gasteiger partial charge is 0.460 e. The average Bonchev–Trinajstić information content (AvgIpc) is 3.05. The zero-order valence-corrected chi connectivity index (χ0v) is 30.5. The molecule has 0 amide bonds. The van der Waals surface area contributed by atoms with Crippen LogP contribution in [0.1, 0.15) is 101 Å². The van der Waals surface area contributed by atoms with Gasteiger partial charge in [0.25, 0.3) is 0 Å². The van der Waals surface area contributed by atoms with Crippen LogP contribution in [0, 0.1) is 0 Å². The maximum atomic E-state index is 12.6. The van der Waals surface area contributed by atoms with E-state index in [4.69, 9.17) is 44.8 Å². The lowest BCUT2D eigenvalue weighted by atomic mass is 10.0. The molecule has 0 aliphatic carbocycles. The van der Waals surface area contributed by atoms with E-state index in [-0.39, 0.29) is 17.5 Å². The van der Waals surface area contributed by atoms with Crippen molar-refractivity contribution >= 4 is 29.1 Å². The number of unbranched alkanes of at least 4 members (excludes halogenated alkanes) is 3. The van der Waals surface area contributed by atoms with Gasteiger partial charge < -0.3 is 33.2 Å². The van der Waals surface area contributed by atoms with Gasteiger partial charge >= 0.3 is 5.97 Å². The first-order valence-electron chi connectivity index (χ1n) is 17.6. The number of hydrogen-bond donors (Lipinski definition) is 0. The van der Waals surface area contributed by atoms with Gasteiger partial charge in [0.2, 0.25) is 0 Å². The van der Waals surface area contributed by atoms with Crippen molar-refractivity contribution in [2.75, 3.05) is 85.2 Å². The molecular weight excluding hydrogens is 640 g/mol. The molecule has 0 fully saturated rings. The van der Waals surface area contributed by atoms with E-state index in [2.05, 4.69) is 0 Å². The number of carbonyl (C=O) groups excluding carboxylic acids is 3. The molecule has 0 aromatic heterocycles. The summed E-state index contributed by atoms with van der Waals surface area (Å²) in [5.41, 5.74) is 1.19. The predicted molar refractivity (Wildman–Crippen MR) is 187 cm³/mol.